The van der Waals surface area contributed by atoms with Gasteiger partial charge in [0.1, 0.15) is 11.5 Å². The van der Waals surface area contributed by atoms with Gasteiger partial charge in [0.2, 0.25) is 11.8 Å². The van der Waals surface area contributed by atoms with E-state index < -0.39 is 11.8 Å². The van der Waals surface area contributed by atoms with Crippen LogP contribution in [0.3, 0.4) is 0 Å². The van der Waals surface area contributed by atoms with Crippen molar-refractivity contribution < 1.29 is 24.6 Å². The van der Waals surface area contributed by atoms with E-state index in [1.54, 1.807) is 4.90 Å². The van der Waals surface area contributed by atoms with Gasteiger partial charge in [0.25, 0.3) is 5.91 Å². The van der Waals surface area contributed by atoms with Crippen LogP contribution < -0.4 is 10.6 Å². The SMILES string of the molecule is O=C(NCCNC(=O)C1CC(=O)N(Cc2ccccc2)C1)c1cc(O)cc(O)c1. The summed E-state index contributed by atoms with van der Waals surface area (Å²) in [5.41, 5.74) is 1.13. The largest absolute Gasteiger partial charge is 0.508 e. The zero-order valence-corrected chi connectivity index (χ0v) is 15.8. The molecular formula is C21H23N3O5. The molecule has 1 saturated heterocycles. The monoisotopic (exact) mass is 397 g/mol. The molecule has 1 aliphatic heterocycles. The van der Waals surface area contributed by atoms with Gasteiger partial charge in [-0.3, -0.25) is 14.4 Å². The first kappa shape index (κ1) is 20.2. The minimum atomic E-state index is -0.476. The summed E-state index contributed by atoms with van der Waals surface area (Å²) >= 11 is 0. The summed E-state index contributed by atoms with van der Waals surface area (Å²) in [4.78, 5) is 38.2. The van der Waals surface area contributed by atoms with Crippen molar-refractivity contribution >= 4 is 17.7 Å². The van der Waals surface area contributed by atoms with Crippen LogP contribution in [0.1, 0.15) is 22.3 Å². The first-order valence-corrected chi connectivity index (χ1v) is 9.33. The maximum Gasteiger partial charge on any atom is 0.251 e. The number of benzene rings is 2. The molecule has 3 rings (SSSR count). The fourth-order valence-electron chi connectivity index (χ4n) is 3.24. The average Bonchev–Trinajstić information content (AvgIpc) is 3.05. The van der Waals surface area contributed by atoms with Crippen molar-refractivity contribution in [2.24, 2.45) is 5.92 Å². The Hall–Kier alpha value is -3.55. The molecule has 8 nitrogen and oxygen atoms in total. The summed E-state index contributed by atoms with van der Waals surface area (Å²) in [5.74, 6) is -1.59. The Labute approximate surface area is 168 Å². The lowest BCUT2D eigenvalue weighted by Gasteiger charge is -2.16. The maximum atomic E-state index is 12.3. The molecule has 0 bridgehead atoms. The number of carbonyl (C=O) groups excluding carboxylic acids is 3. The summed E-state index contributed by atoms with van der Waals surface area (Å²) in [6, 6.07) is 13.2. The fraction of sp³-hybridized carbons (Fsp3) is 0.286. The van der Waals surface area contributed by atoms with Gasteiger partial charge < -0.3 is 25.7 Å². The van der Waals surface area contributed by atoms with Crippen LogP contribution in [0.15, 0.2) is 48.5 Å². The van der Waals surface area contributed by atoms with Gasteiger partial charge in [0.05, 0.1) is 5.92 Å². The lowest BCUT2D eigenvalue weighted by atomic mass is 10.1. The highest BCUT2D eigenvalue weighted by atomic mass is 16.3. The lowest BCUT2D eigenvalue weighted by molar-refractivity contribution is -0.129. The third kappa shape index (κ3) is 5.47. The minimum absolute atomic E-state index is 0.0500. The molecule has 8 heteroatoms. The predicted molar refractivity (Wildman–Crippen MR) is 105 cm³/mol. The lowest BCUT2D eigenvalue weighted by Crippen LogP contribution is -2.38. The van der Waals surface area contributed by atoms with Gasteiger partial charge in [-0.1, -0.05) is 30.3 Å². The number of phenolic OH excluding ortho intramolecular Hbond substituents is 2. The number of nitrogens with zero attached hydrogens (tertiary/aromatic N) is 1. The molecule has 3 amide bonds. The van der Waals surface area contributed by atoms with Crippen LogP contribution in [0.5, 0.6) is 11.5 Å². The van der Waals surface area contributed by atoms with E-state index in [-0.39, 0.29) is 48.4 Å². The second-order valence-electron chi connectivity index (χ2n) is 6.95. The van der Waals surface area contributed by atoms with Crippen LogP contribution in [0, 0.1) is 5.92 Å². The smallest absolute Gasteiger partial charge is 0.251 e. The van der Waals surface area contributed by atoms with Crippen molar-refractivity contribution in [1.29, 1.82) is 0 Å². The first-order valence-electron chi connectivity index (χ1n) is 9.33. The van der Waals surface area contributed by atoms with E-state index in [0.717, 1.165) is 11.6 Å². The van der Waals surface area contributed by atoms with E-state index in [4.69, 9.17) is 0 Å². The Kier molecular flexibility index (Phi) is 6.33. The molecule has 29 heavy (non-hydrogen) atoms. The quantitative estimate of drug-likeness (QED) is 0.520. The molecule has 4 N–H and O–H groups in total. The van der Waals surface area contributed by atoms with Crippen LogP contribution in [0.2, 0.25) is 0 Å². The summed E-state index contributed by atoms with van der Waals surface area (Å²) in [6.45, 7) is 1.24. The average molecular weight is 397 g/mol. The van der Waals surface area contributed by atoms with Crippen LogP contribution in [0.4, 0.5) is 0 Å². The van der Waals surface area contributed by atoms with Crippen molar-refractivity contribution in [1.82, 2.24) is 15.5 Å². The zero-order chi connectivity index (χ0) is 20.8. The molecule has 1 unspecified atom stereocenters. The Bertz CT molecular complexity index is 880. The van der Waals surface area contributed by atoms with E-state index in [1.165, 1.54) is 12.1 Å². The molecule has 2 aromatic carbocycles. The molecule has 152 valence electrons. The van der Waals surface area contributed by atoms with Gasteiger partial charge in [-0.2, -0.15) is 0 Å². The highest BCUT2D eigenvalue weighted by molar-refractivity contribution is 5.95. The van der Waals surface area contributed by atoms with Crippen molar-refractivity contribution in [2.75, 3.05) is 19.6 Å². The van der Waals surface area contributed by atoms with E-state index in [1.807, 2.05) is 30.3 Å². The highest BCUT2D eigenvalue weighted by Crippen LogP contribution is 2.21. The molecule has 0 spiro atoms. The van der Waals surface area contributed by atoms with Gasteiger partial charge >= 0.3 is 0 Å². The topological polar surface area (TPSA) is 119 Å². The van der Waals surface area contributed by atoms with Crippen LogP contribution >= 0.6 is 0 Å². The second-order valence-corrected chi connectivity index (χ2v) is 6.95. The number of aromatic hydroxyl groups is 2. The third-order valence-electron chi connectivity index (χ3n) is 4.68. The van der Waals surface area contributed by atoms with E-state index in [0.29, 0.717) is 13.1 Å². The third-order valence-corrected chi connectivity index (χ3v) is 4.68. The molecule has 1 aliphatic rings. The molecule has 2 aromatic rings. The Balaban J connectivity index is 1.41. The first-order chi connectivity index (χ1) is 13.9. The van der Waals surface area contributed by atoms with Gasteiger partial charge in [-0.05, 0) is 17.7 Å². The summed E-state index contributed by atoms with van der Waals surface area (Å²) in [6.07, 6.45) is 0.174. The second kappa shape index (κ2) is 9.09. The number of hydrogen-bond donors (Lipinski definition) is 4. The number of nitrogens with one attached hydrogen (secondary N) is 2. The number of hydrogen-bond acceptors (Lipinski definition) is 5. The number of likely N-dealkylation sites (tertiary alicyclic amines) is 1. The van der Waals surface area contributed by atoms with Crippen molar-refractivity contribution in [3.8, 4) is 11.5 Å². The Morgan fingerprint density at radius 2 is 1.66 bits per heavy atom. The molecule has 0 aromatic heterocycles. The molecule has 0 aliphatic carbocycles. The molecule has 0 radical (unpaired) electrons. The zero-order valence-electron chi connectivity index (χ0n) is 15.8. The van der Waals surface area contributed by atoms with Crippen LogP contribution in [-0.2, 0) is 16.1 Å². The maximum absolute atomic E-state index is 12.3. The van der Waals surface area contributed by atoms with E-state index in [2.05, 4.69) is 10.6 Å². The predicted octanol–water partition coefficient (Wildman–Crippen LogP) is 0.993. The number of carbonyl (C=O) groups is 3. The Morgan fingerprint density at radius 1 is 1.00 bits per heavy atom. The van der Waals surface area contributed by atoms with Crippen molar-refractivity contribution in [3.05, 3.63) is 59.7 Å². The van der Waals surface area contributed by atoms with Crippen molar-refractivity contribution in [3.63, 3.8) is 0 Å². The number of phenols is 2. The van der Waals surface area contributed by atoms with Gasteiger partial charge in [0.15, 0.2) is 0 Å². The molecular weight excluding hydrogens is 374 g/mol. The highest BCUT2D eigenvalue weighted by Gasteiger charge is 2.33. The molecule has 1 atom stereocenters. The van der Waals surface area contributed by atoms with Gasteiger partial charge in [0, 0.05) is 44.2 Å². The van der Waals surface area contributed by atoms with Crippen LogP contribution in [0.25, 0.3) is 0 Å². The molecule has 1 fully saturated rings. The summed E-state index contributed by atoms with van der Waals surface area (Å²) in [5, 5.41) is 24.2. The van der Waals surface area contributed by atoms with Crippen LogP contribution in [-0.4, -0.2) is 52.5 Å². The number of rotatable bonds is 7. The van der Waals surface area contributed by atoms with E-state index >= 15 is 0 Å². The summed E-state index contributed by atoms with van der Waals surface area (Å²) < 4.78 is 0. The normalized spacial score (nSPS) is 15.9. The van der Waals surface area contributed by atoms with Gasteiger partial charge in [-0.25, -0.2) is 0 Å². The molecule has 0 saturated carbocycles. The van der Waals surface area contributed by atoms with E-state index in [9.17, 15) is 24.6 Å². The Morgan fingerprint density at radius 3 is 2.34 bits per heavy atom. The van der Waals surface area contributed by atoms with Gasteiger partial charge in [-0.15, -0.1) is 0 Å². The minimum Gasteiger partial charge on any atom is -0.508 e. The fourth-order valence-corrected chi connectivity index (χ4v) is 3.24. The molecule has 1 heterocycles. The van der Waals surface area contributed by atoms with Crippen molar-refractivity contribution in [2.45, 2.75) is 13.0 Å². The number of amides is 3. The standard InChI is InChI=1S/C21H23N3O5/c25-17-8-15(9-18(26)11-17)20(28)22-6-7-23-21(29)16-10-19(27)24(13-16)12-14-4-2-1-3-5-14/h1-5,8-9,11,16,25-26H,6-7,10,12-13H2,(H,22,28)(H,23,29). The summed E-state index contributed by atoms with van der Waals surface area (Å²) in [7, 11) is 0.